The van der Waals surface area contributed by atoms with Gasteiger partial charge in [0.15, 0.2) is 5.16 Å². The molecule has 2 heterocycles. The first kappa shape index (κ1) is 14.7. The van der Waals surface area contributed by atoms with Gasteiger partial charge in [-0.1, -0.05) is 13.8 Å². The highest BCUT2D eigenvalue weighted by molar-refractivity contribution is 7.99. The number of nitrogens with zero attached hydrogens (tertiary/aromatic N) is 4. The number of hydrogen-bond donors (Lipinski definition) is 1. The zero-order valence-electron chi connectivity index (χ0n) is 12.2. The maximum Gasteiger partial charge on any atom is 0.194 e. The first-order valence-corrected chi connectivity index (χ1v) is 7.49. The fourth-order valence-corrected chi connectivity index (χ4v) is 2.87. The summed E-state index contributed by atoms with van der Waals surface area (Å²) in [7, 11) is 0. The Hall–Kier alpha value is -1.69. The molecule has 6 heteroatoms. The van der Waals surface area contributed by atoms with Crippen molar-refractivity contribution in [2.45, 2.75) is 43.8 Å². The molecule has 0 aliphatic rings. The largest absolute Gasteiger partial charge is 0.370 e. The molecule has 0 bridgehead atoms. The third-order valence-corrected chi connectivity index (χ3v) is 3.63. The van der Waals surface area contributed by atoms with Gasteiger partial charge in [0.05, 0.1) is 0 Å². The van der Waals surface area contributed by atoms with Crippen LogP contribution < -0.4 is 5.32 Å². The van der Waals surface area contributed by atoms with E-state index in [-0.39, 0.29) is 0 Å². The normalized spacial score (nSPS) is 10.8. The van der Waals surface area contributed by atoms with Gasteiger partial charge in [-0.2, -0.15) is 0 Å². The van der Waals surface area contributed by atoms with Gasteiger partial charge in [-0.3, -0.25) is 0 Å². The third-order valence-electron chi connectivity index (χ3n) is 2.73. The molecule has 0 amide bonds. The molecule has 0 aromatic carbocycles. The monoisotopic (exact) mass is 289 g/mol. The Balaban J connectivity index is 2.38. The molecule has 0 atom stereocenters. The van der Waals surface area contributed by atoms with Gasteiger partial charge in [0.2, 0.25) is 0 Å². The van der Waals surface area contributed by atoms with Crippen LogP contribution in [0.2, 0.25) is 0 Å². The lowest BCUT2D eigenvalue weighted by Gasteiger charge is -2.15. The Morgan fingerprint density at radius 3 is 2.70 bits per heavy atom. The van der Waals surface area contributed by atoms with Gasteiger partial charge in [0, 0.05) is 24.0 Å². The van der Waals surface area contributed by atoms with E-state index in [2.05, 4.69) is 46.0 Å². The summed E-state index contributed by atoms with van der Waals surface area (Å²) in [5.74, 6) is 1.23. The first-order chi connectivity index (χ1) is 9.61. The van der Waals surface area contributed by atoms with Crippen molar-refractivity contribution in [3.63, 3.8) is 0 Å². The predicted octanol–water partition coefficient (Wildman–Crippen LogP) is 3.28. The molecule has 0 saturated carbocycles. The smallest absolute Gasteiger partial charge is 0.194 e. The number of rotatable bonds is 5. The highest BCUT2D eigenvalue weighted by Crippen LogP contribution is 2.33. The maximum absolute atomic E-state index is 4.42. The number of nitrogens with one attached hydrogen (secondary N) is 1. The molecule has 0 aliphatic carbocycles. The number of hydrogen-bond acceptors (Lipinski definition) is 6. The van der Waals surface area contributed by atoms with E-state index in [1.807, 2.05) is 13.0 Å². The molecule has 0 saturated heterocycles. The fourth-order valence-electron chi connectivity index (χ4n) is 1.85. The number of anilines is 1. The molecule has 1 N–H and O–H groups in total. The summed E-state index contributed by atoms with van der Waals surface area (Å²) in [6.45, 7) is 9.13. The van der Waals surface area contributed by atoms with Crippen molar-refractivity contribution in [2.75, 3.05) is 11.9 Å². The van der Waals surface area contributed by atoms with Crippen LogP contribution in [0.15, 0.2) is 28.8 Å². The first-order valence-electron chi connectivity index (χ1n) is 6.68. The fraction of sp³-hybridized carbons (Fsp3) is 0.429. The van der Waals surface area contributed by atoms with Gasteiger partial charge in [-0.15, -0.1) is 0 Å². The van der Waals surface area contributed by atoms with Crippen molar-refractivity contribution in [1.29, 1.82) is 0 Å². The van der Waals surface area contributed by atoms with Crippen LogP contribution in [0.1, 0.15) is 37.9 Å². The van der Waals surface area contributed by atoms with E-state index < -0.39 is 0 Å². The van der Waals surface area contributed by atoms with Crippen molar-refractivity contribution in [1.82, 2.24) is 19.9 Å². The Bertz CT molecular complexity index is 586. The summed E-state index contributed by atoms with van der Waals surface area (Å²) in [6, 6.07) is 1.89. The zero-order chi connectivity index (χ0) is 14.5. The summed E-state index contributed by atoms with van der Waals surface area (Å²) in [5.41, 5.74) is 2.07. The molecule has 2 aromatic heterocycles. The molecular weight excluding hydrogens is 270 g/mol. The second-order valence-corrected chi connectivity index (χ2v) is 5.66. The van der Waals surface area contributed by atoms with Crippen LogP contribution in [0.3, 0.4) is 0 Å². The molecule has 0 aliphatic heterocycles. The molecule has 0 fully saturated rings. The zero-order valence-corrected chi connectivity index (χ0v) is 13.0. The lowest BCUT2D eigenvalue weighted by Crippen LogP contribution is -2.07. The Kier molecular flexibility index (Phi) is 4.89. The third kappa shape index (κ3) is 3.45. The standard InChI is InChI=1S/C14H19N5S/c1-5-15-12-11(9(2)3)13(18-8-17-12)20-14-16-7-6-10(4)19-14/h6-9H,5H2,1-4H3,(H,15,17,18). The molecule has 20 heavy (non-hydrogen) atoms. The highest BCUT2D eigenvalue weighted by Gasteiger charge is 2.16. The molecule has 2 aromatic rings. The van der Waals surface area contributed by atoms with E-state index in [0.29, 0.717) is 11.1 Å². The average molecular weight is 289 g/mol. The van der Waals surface area contributed by atoms with Crippen LogP contribution in [0.5, 0.6) is 0 Å². The van der Waals surface area contributed by atoms with Crippen LogP contribution >= 0.6 is 11.8 Å². The van der Waals surface area contributed by atoms with Crippen LogP contribution in [0.25, 0.3) is 0 Å². The van der Waals surface area contributed by atoms with Gasteiger partial charge in [0.25, 0.3) is 0 Å². The minimum absolute atomic E-state index is 0.331. The molecular formula is C14H19N5S. The van der Waals surface area contributed by atoms with E-state index in [1.165, 1.54) is 11.8 Å². The molecule has 106 valence electrons. The van der Waals surface area contributed by atoms with Crippen LogP contribution in [0, 0.1) is 6.92 Å². The second-order valence-electron chi connectivity index (χ2n) is 4.71. The SMILES string of the molecule is CCNc1ncnc(Sc2nccc(C)n2)c1C(C)C. The lowest BCUT2D eigenvalue weighted by atomic mass is 10.1. The molecule has 2 rings (SSSR count). The Morgan fingerprint density at radius 1 is 1.25 bits per heavy atom. The maximum atomic E-state index is 4.42. The van der Waals surface area contributed by atoms with E-state index in [4.69, 9.17) is 0 Å². The lowest BCUT2D eigenvalue weighted by molar-refractivity contribution is 0.800. The van der Waals surface area contributed by atoms with Gasteiger partial charge >= 0.3 is 0 Å². The van der Waals surface area contributed by atoms with Gasteiger partial charge in [-0.25, -0.2) is 19.9 Å². The molecule has 0 spiro atoms. The minimum Gasteiger partial charge on any atom is -0.370 e. The van der Waals surface area contributed by atoms with Crippen molar-refractivity contribution < 1.29 is 0 Å². The van der Waals surface area contributed by atoms with E-state index in [1.54, 1.807) is 12.5 Å². The second kappa shape index (κ2) is 6.65. The van der Waals surface area contributed by atoms with E-state index in [9.17, 15) is 0 Å². The number of aromatic nitrogens is 4. The average Bonchev–Trinajstić information content (AvgIpc) is 2.39. The summed E-state index contributed by atoms with van der Waals surface area (Å²) < 4.78 is 0. The summed E-state index contributed by atoms with van der Waals surface area (Å²) in [6.07, 6.45) is 3.36. The number of aryl methyl sites for hydroxylation is 1. The Morgan fingerprint density at radius 2 is 2.05 bits per heavy atom. The van der Waals surface area contributed by atoms with E-state index in [0.717, 1.165) is 28.6 Å². The van der Waals surface area contributed by atoms with Crippen LogP contribution in [-0.2, 0) is 0 Å². The molecule has 0 unspecified atom stereocenters. The van der Waals surface area contributed by atoms with Crippen molar-refractivity contribution in [2.24, 2.45) is 0 Å². The summed E-state index contributed by atoms with van der Waals surface area (Å²) in [5, 5.41) is 4.92. The molecule has 0 radical (unpaired) electrons. The highest BCUT2D eigenvalue weighted by atomic mass is 32.2. The summed E-state index contributed by atoms with van der Waals surface area (Å²) in [4.78, 5) is 17.4. The van der Waals surface area contributed by atoms with E-state index >= 15 is 0 Å². The summed E-state index contributed by atoms with van der Waals surface area (Å²) >= 11 is 1.48. The Labute approximate surface area is 123 Å². The van der Waals surface area contributed by atoms with Gasteiger partial charge in [0.1, 0.15) is 17.2 Å². The molecule has 5 nitrogen and oxygen atoms in total. The van der Waals surface area contributed by atoms with Gasteiger partial charge < -0.3 is 5.32 Å². The van der Waals surface area contributed by atoms with Crippen LogP contribution in [0.4, 0.5) is 5.82 Å². The van der Waals surface area contributed by atoms with Crippen LogP contribution in [-0.4, -0.2) is 26.5 Å². The van der Waals surface area contributed by atoms with Crippen molar-refractivity contribution >= 4 is 17.6 Å². The topological polar surface area (TPSA) is 63.6 Å². The quantitative estimate of drug-likeness (QED) is 0.673. The van der Waals surface area contributed by atoms with Crippen molar-refractivity contribution in [3.8, 4) is 0 Å². The minimum atomic E-state index is 0.331. The van der Waals surface area contributed by atoms with Crippen molar-refractivity contribution in [3.05, 3.63) is 29.8 Å². The van der Waals surface area contributed by atoms with Gasteiger partial charge in [-0.05, 0) is 37.6 Å². The predicted molar refractivity (Wildman–Crippen MR) is 81.2 cm³/mol.